The zero-order chi connectivity index (χ0) is 22.7. The van der Waals surface area contributed by atoms with E-state index in [9.17, 15) is 17.2 Å². The minimum absolute atomic E-state index is 0.0444. The zero-order valence-corrected chi connectivity index (χ0v) is 18.8. The number of ether oxygens (including phenoxy) is 1. The first-order valence-electron chi connectivity index (χ1n) is 10.0. The van der Waals surface area contributed by atoms with E-state index in [1.807, 2.05) is 6.92 Å². The lowest BCUT2D eigenvalue weighted by Crippen LogP contribution is -2.38. The maximum atomic E-state index is 14.6. The van der Waals surface area contributed by atoms with Gasteiger partial charge in [0.25, 0.3) is 10.0 Å². The molecule has 0 radical (unpaired) electrons. The second kappa shape index (κ2) is 9.47. The van der Waals surface area contributed by atoms with Gasteiger partial charge in [-0.15, -0.1) is 0 Å². The Morgan fingerprint density at radius 3 is 2.72 bits per heavy atom. The Hall–Kier alpha value is -2.63. The van der Waals surface area contributed by atoms with Crippen molar-refractivity contribution in [3.8, 4) is 5.75 Å². The van der Waals surface area contributed by atoms with E-state index in [2.05, 4.69) is 43.7 Å². The summed E-state index contributed by atoms with van der Waals surface area (Å²) in [5.74, 6) is -2.13. The molecule has 0 aliphatic carbocycles. The van der Waals surface area contributed by atoms with Gasteiger partial charge in [0.05, 0.1) is 6.61 Å². The third-order valence-corrected chi connectivity index (χ3v) is 7.49. The summed E-state index contributed by atoms with van der Waals surface area (Å²) in [6.07, 6.45) is 2.06. The molecular weight excluding hydrogens is 458 g/mol. The van der Waals surface area contributed by atoms with Gasteiger partial charge in [-0.25, -0.2) is 22.2 Å². The van der Waals surface area contributed by atoms with Crippen molar-refractivity contribution in [2.45, 2.75) is 24.2 Å². The molecule has 1 unspecified atom stereocenters. The van der Waals surface area contributed by atoms with Gasteiger partial charge >= 0.3 is 0 Å². The van der Waals surface area contributed by atoms with Gasteiger partial charge in [-0.1, -0.05) is 29.8 Å². The Bertz CT molecular complexity index is 1170. The van der Waals surface area contributed by atoms with Crippen LogP contribution in [0.25, 0.3) is 0 Å². The van der Waals surface area contributed by atoms with Crippen molar-refractivity contribution < 1.29 is 21.9 Å². The minimum Gasteiger partial charge on any atom is -0.490 e. The fourth-order valence-electron chi connectivity index (χ4n) is 3.76. The first kappa shape index (κ1) is 22.6. The van der Waals surface area contributed by atoms with Crippen molar-refractivity contribution in [1.82, 2.24) is 14.7 Å². The number of aromatic nitrogens is 2. The molecule has 2 N–H and O–H groups in total. The molecule has 4 rings (SSSR count). The van der Waals surface area contributed by atoms with Crippen LogP contribution in [0.3, 0.4) is 0 Å². The molecule has 0 bridgehead atoms. The lowest BCUT2D eigenvalue weighted by Gasteiger charge is -2.32. The number of hydrogen-bond donors (Lipinski definition) is 2. The molecule has 0 spiro atoms. The van der Waals surface area contributed by atoms with Crippen LogP contribution in [-0.4, -0.2) is 37.5 Å². The van der Waals surface area contributed by atoms with Gasteiger partial charge in [-0.2, -0.15) is 4.37 Å². The number of benzene rings is 2. The van der Waals surface area contributed by atoms with E-state index >= 15 is 0 Å². The molecule has 0 saturated carbocycles. The van der Waals surface area contributed by atoms with Gasteiger partial charge in [0, 0.05) is 36.1 Å². The normalized spacial score (nSPS) is 19.0. The van der Waals surface area contributed by atoms with Crippen molar-refractivity contribution >= 4 is 26.7 Å². The van der Waals surface area contributed by atoms with Crippen LogP contribution in [-0.2, 0) is 10.0 Å². The summed E-state index contributed by atoms with van der Waals surface area (Å²) in [6.45, 7) is 3.74. The minimum atomic E-state index is -4.36. The standard InChI is InChI=1S/C21H22F2N4O3S2/c1-13-2-4-14(5-3-13)16-6-7-24-10-15(16)11-30-19-8-18(23)20(9-17(19)22)32(28,29)27-21-25-12-26-31-21/h2-5,8-9,12,15-16,24H,6-7,10-11H2,1H3,(H,25,26,27)/t15?,16-/m0/s1. The predicted molar refractivity (Wildman–Crippen MR) is 117 cm³/mol. The largest absolute Gasteiger partial charge is 0.490 e. The quantitative estimate of drug-likeness (QED) is 0.536. The number of nitrogens with zero attached hydrogens (tertiary/aromatic N) is 2. The lowest BCUT2D eigenvalue weighted by atomic mass is 9.81. The Morgan fingerprint density at radius 1 is 1.22 bits per heavy atom. The topological polar surface area (TPSA) is 93.2 Å². The zero-order valence-electron chi connectivity index (χ0n) is 17.2. The maximum Gasteiger partial charge on any atom is 0.266 e. The summed E-state index contributed by atoms with van der Waals surface area (Å²) in [4.78, 5) is 2.86. The monoisotopic (exact) mass is 480 g/mol. The molecule has 1 saturated heterocycles. The average molecular weight is 481 g/mol. The molecule has 7 nitrogen and oxygen atoms in total. The van der Waals surface area contributed by atoms with Crippen LogP contribution in [0, 0.1) is 24.5 Å². The molecule has 1 aromatic heterocycles. The van der Waals surface area contributed by atoms with E-state index in [1.165, 1.54) is 11.1 Å². The van der Waals surface area contributed by atoms with E-state index < -0.39 is 26.6 Å². The molecule has 170 valence electrons. The number of aryl methyl sites for hydroxylation is 1. The summed E-state index contributed by atoms with van der Waals surface area (Å²) in [5, 5.41) is 3.27. The first-order chi connectivity index (χ1) is 15.3. The van der Waals surface area contributed by atoms with Crippen LogP contribution in [0.2, 0.25) is 0 Å². The van der Waals surface area contributed by atoms with Gasteiger partial charge in [-0.05, 0) is 31.4 Å². The van der Waals surface area contributed by atoms with Crippen molar-refractivity contribution in [2.75, 3.05) is 24.4 Å². The second-order valence-electron chi connectivity index (χ2n) is 7.65. The summed E-state index contributed by atoms with van der Waals surface area (Å²) >= 11 is 0.782. The average Bonchev–Trinajstić information content (AvgIpc) is 3.27. The molecule has 1 aliphatic heterocycles. The summed E-state index contributed by atoms with van der Waals surface area (Å²) < 4.78 is 65.3. The number of hydrogen-bond acceptors (Lipinski definition) is 7. The van der Waals surface area contributed by atoms with E-state index in [1.54, 1.807) is 0 Å². The highest BCUT2D eigenvalue weighted by Crippen LogP contribution is 2.32. The third kappa shape index (κ3) is 5.05. The molecule has 1 fully saturated rings. The van der Waals surface area contributed by atoms with Gasteiger partial charge in [0.1, 0.15) is 17.0 Å². The van der Waals surface area contributed by atoms with Crippen LogP contribution < -0.4 is 14.8 Å². The smallest absolute Gasteiger partial charge is 0.266 e. The van der Waals surface area contributed by atoms with Crippen LogP contribution in [0.15, 0.2) is 47.6 Å². The maximum absolute atomic E-state index is 14.6. The van der Waals surface area contributed by atoms with Gasteiger partial charge in [0.15, 0.2) is 11.6 Å². The molecule has 1 aliphatic rings. The third-order valence-electron chi connectivity index (χ3n) is 5.43. The molecule has 32 heavy (non-hydrogen) atoms. The van der Waals surface area contributed by atoms with Crippen LogP contribution in [0.4, 0.5) is 13.9 Å². The molecule has 2 heterocycles. The van der Waals surface area contributed by atoms with Gasteiger partial charge in [-0.3, -0.25) is 4.72 Å². The number of halogens is 2. The Morgan fingerprint density at radius 2 is 2.00 bits per heavy atom. The molecule has 0 amide bonds. The van der Waals surface area contributed by atoms with Gasteiger partial charge in [0.2, 0.25) is 5.13 Å². The first-order valence-corrected chi connectivity index (χ1v) is 12.3. The van der Waals surface area contributed by atoms with E-state index in [0.717, 1.165) is 36.9 Å². The summed E-state index contributed by atoms with van der Waals surface area (Å²) in [5.41, 5.74) is 2.35. The molecular formula is C21H22F2N4O3S2. The van der Waals surface area contributed by atoms with E-state index in [4.69, 9.17) is 4.74 Å². The van der Waals surface area contributed by atoms with Crippen LogP contribution >= 0.6 is 11.5 Å². The van der Waals surface area contributed by atoms with Crippen molar-refractivity contribution in [3.63, 3.8) is 0 Å². The highest BCUT2D eigenvalue weighted by atomic mass is 32.2. The van der Waals surface area contributed by atoms with Crippen molar-refractivity contribution in [3.05, 3.63) is 65.5 Å². The molecule has 11 heteroatoms. The highest BCUT2D eigenvalue weighted by molar-refractivity contribution is 7.93. The molecule has 2 atom stereocenters. The van der Waals surface area contributed by atoms with Crippen molar-refractivity contribution in [2.24, 2.45) is 5.92 Å². The summed E-state index contributed by atoms with van der Waals surface area (Å²) in [6, 6.07) is 9.66. The molecule has 2 aromatic carbocycles. The SMILES string of the molecule is Cc1ccc([C@@H]2CCNCC2COc2cc(F)c(S(=O)(=O)Nc3ncns3)cc2F)cc1. The van der Waals surface area contributed by atoms with Crippen molar-refractivity contribution in [1.29, 1.82) is 0 Å². The second-order valence-corrected chi connectivity index (χ2v) is 10.1. The Labute approximate surface area is 189 Å². The number of sulfonamides is 1. The number of nitrogens with one attached hydrogen (secondary N) is 2. The van der Waals surface area contributed by atoms with E-state index in [0.29, 0.717) is 12.6 Å². The predicted octanol–water partition coefficient (Wildman–Crippen LogP) is 3.70. The van der Waals surface area contributed by atoms with E-state index in [-0.39, 0.29) is 29.3 Å². The lowest BCUT2D eigenvalue weighted by molar-refractivity contribution is 0.190. The number of anilines is 1. The fraction of sp³-hybridized carbons (Fsp3) is 0.333. The summed E-state index contributed by atoms with van der Waals surface area (Å²) in [7, 11) is -4.36. The number of piperidine rings is 1. The van der Waals surface area contributed by atoms with Crippen LogP contribution in [0.5, 0.6) is 5.75 Å². The number of rotatable bonds is 7. The van der Waals surface area contributed by atoms with Crippen LogP contribution in [0.1, 0.15) is 23.5 Å². The van der Waals surface area contributed by atoms with Gasteiger partial charge < -0.3 is 10.1 Å². The highest BCUT2D eigenvalue weighted by Gasteiger charge is 2.28. The fourth-order valence-corrected chi connectivity index (χ4v) is 5.50. The Kier molecular flexibility index (Phi) is 6.68. The molecule has 3 aromatic rings. The Balaban J connectivity index is 1.49.